The quantitative estimate of drug-likeness (QED) is 0.552. The molecule has 24 heavy (non-hydrogen) atoms. The van der Waals surface area contributed by atoms with E-state index in [0.29, 0.717) is 13.1 Å². The number of Topliss-reactive ketones (excluding diaryl/α,β-unsaturated/α-hetero) is 1. The van der Waals surface area contributed by atoms with Gasteiger partial charge in [0.25, 0.3) is 0 Å². The van der Waals surface area contributed by atoms with Gasteiger partial charge in [-0.15, -0.1) is 0 Å². The minimum Gasteiger partial charge on any atom is -0.469 e. The fourth-order valence-electron chi connectivity index (χ4n) is 2.53. The van der Waals surface area contributed by atoms with E-state index in [0.717, 1.165) is 11.1 Å². The highest BCUT2D eigenvalue weighted by Crippen LogP contribution is 2.15. The highest BCUT2D eigenvalue weighted by atomic mass is 16.5. The number of esters is 1. The highest BCUT2D eigenvalue weighted by Gasteiger charge is 2.24. The van der Waals surface area contributed by atoms with Crippen molar-refractivity contribution in [1.29, 1.82) is 0 Å². The second kappa shape index (κ2) is 8.99. The molecule has 0 aliphatic carbocycles. The van der Waals surface area contributed by atoms with Gasteiger partial charge < -0.3 is 4.74 Å². The van der Waals surface area contributed by atoms with Gasteiger partial charge in [-0.3, -0.25) is 14.5 Å². The molecule has 4 nitrogen and oxygen atoms in total. The summed E-state index contributed by atoms with van der Waals surface area (Å²) in [4.78, 5) is 25.9. The fourth-order valence-corrected chi connectivity index (χ4v) is 2.53. The van der Waals surface area contributed by atoms with E-state index >= 15 is 0 Å². The van der Waals surface area contributed by atoms with Crippen molar-refractivity contribution in [3.8, 4) is 0 Å². The van der Waals surface area contributed by atoms with Crippen LogP contribution in [-0.4, -0.2) is 29.8 Å². The number of hydrogen-bond donors (Lipinski definition) is 0. The first kappa shape index (κ1) is 17.9. The van der Waals surface area contributed by atoms with Crippen LogP contribution in [0.4, 0.5) is 0 Å². The molecule has 0 spiro atoms. The molecule has 0 saturated carbocycles. The van der Waals surface area contributed by atoms with Gasteiger partial charge in [0.2, 0.25) is 0 Å². The van der Waals surface area contributed by atoms with Crippen LogP contribution in [0.1, 0.15) is 24.5 Å². The van der Waals surface area contributed by atoms with Crippen molar-refractivity contribution in [1.82, 2.24) is 4.90 Å². The maximum absolute atomic E-state index is 12.4. The number of benzene rings is 2. The number of hydrogen-bond acceptors (Lipinski definition) is 4. The zero-order chi connectivity index (χ0) is 17.4. The molecular formula is C20H23NO3. The second-order valence-electron chi connectivity index (χ2n) is 5.77. The van der Waals surface area contributed by atoms with Gasteiger partial charge >= 0.3 is 5.97 Å². The second-order valence-corrected chi connectivity index (χ2v) is 5.77. The van der Waals surface area contributed by atoms with Crippen LogP contribution in [0.3, 0.4) is 0 Å². The zero-order valence-corrected chi connectivity index (χ0v) is 14.1. The Bertz CT molecular complexity index is 614. The molecule has 0 aromatic heterocycles. The Balaban J connectivity index is 2.14. The van der Waals surface area contributed by atoms with Crippen LogP contribution in [0.2, 0.25) is 0 Å². The lowest BCUT2D eigenvalue weighted by molar-refractivity contribution is -0.144. The summed E-state index contributed by atoms with van der Waals surface area (Å²) in [6, 6.07) is 19.6. The SMILES string of the molecule is COC(=O)CC(=O)C(C)N(Cc1ccccc1)Cc1ccccc1. The average Bonchev–Trinajstić information content (AvgIpc) is 2.62. The molecule has 1 unspecified atom stereocenters. The molecule has 0 amide bonds. The van der Waals surface area contributed by atoms with E-state index in [1.807, 2.05) is 67.6 Å². The Hall–Kier alpha value is -2.46. The number of carbonyl (C=O) groups is 2. The van der Waals surface area contributed by atoms with E-state index < -0.39 is 5.97 Å². The van der Waals surface area contributed by atoms with Crippen molar-refractivity contribution < 1.29 is 14.3 Å². The standard InChI is InChI=1S/C20H23NO3/c1-16(19(22)13-20(23)24-2)21(14-17-9-5-3-6-10-17)15-18-11-7-4-8-12-18/h3-12,16H,13-15H2,1-2H3. The summed E-state index contributed by atoms with van der Waals surface area (Å²) >= 11 is 0. The monoisotopic (exact) mass is 325 g/mol. The Morgan fingerprint density at radius 3 is 1.79 bits per heavy atom. The molecule has 1 atom stereocenters. The lowest BCUT2D eigenvalue weighted by Crippen LogP contribution is -2.39. The van der Waals surface area contributed by atoms with Crippen LogP contribution in [0.5, 0.6) is 0 Å². The van der Waals surface area contributed by atoms with E-state index in [1.165, 1.54) is 7.11 Å². The predicted molar refractivity (Wildman–Crippen MR) is 93.2 cm³/mol. The van der Waals surface area contributed by atoms with Crippen LogP contribution in [0, 0.1) is 0 Å². The smallest absolute Gasteiger partial charge is 0.313 e. The molecule has 0 N–H and O–H groups in total. The summed E-state index contributed by atoms with van der Waals surface area (Å²) in [6.07, 6.45) is -0.197. The summed E-state index contributed by atoms with van der Waals surface area (Å²) in [5.41, 5.74) is 2.26. The van der Waals surface area contributed by atoms with Crippen molar-refractivity contribution in [2.75, 3.05) is 7.11 Å². The van der Waals surface area contributed by atoms with Crippen LogP contribution in [0.15, 0.2) is 60.7 Å². The molecule has 0 heterocycles. The van der Waals surface area contributed by atoms with Gasteiger partial charge in [-0.05, 0) is 18.1 Å². The van der Waals surface area contributed by atoms with Gasteiger partial charge in [0, 0.05) is 13.1 Å². The van der Waals surface area contributed by atoms with Crippen molar-refractivity contribution in [2.24, 2.45) is 0 Å². The summed E-state index contributed by atoms with van der Waals surface area (Å²) in [5, 5.41) is 0. The Labute approximate surface area is 143 Å². The van der Waals surface area contributed by atoms with Gasteiger partial charge in [-0.2, -0.15) is 0 Å². The molecule has 0 bridgehead atoms. The third-order valence-electron chi connectivity index (χ3n) is 4.02. The normalized spacial score (nSPS) is 12.0. The lowest BCUT2D eigenvalue weighted by Gasteiger charge is -2.28. The van der Waals surface area contributed by atoms with E-state index in [2.05, 4.69) is 9.64 Å². The first-order chi connectivity index (χ1) is 11.6. The van der Waals surface area contributed by atoms with Crippen LogP contribution >= 0.6 is 0 Å². The van der Waals surface area contributed by atoms with Gasteiger partial charge in [-0.1, -0.05) is 60.7 Å². The minimum atomic E-state index is -0.494. The number of ether oxygens (including phenoxy) is 1. The number of carbonyl (C=O) groups excluding carboxylic acids is 2. The molecule has 2 aromatic rings. The zero-order valence-electron chi connectivity index (χ0n) is 14.1. The first-order valence-electron chi connectivity index (χ1n) is 8.01. The third kappa shape index (κ3) is 5.32. The largest absolute Gasteiger partial charge is 0.469 e. The molecule has 0 aliphatic rings. The molecule has 0 fully saturated rings. The highest BCUT2D eigenvalue weighted by molar-refractivity contribution is 5.98. The minimum absolute atomic E-state index is 0.131. The van der Waals surface area contributed by atoms with Gasteiger partial charge in [0.1, 0.15) is 6.42 Å². The maximum atomic E-state index is 12.4. The van der Waals surface area contributed by atoms with Gasteiger partial charge in [-0.25, -0.2) is 0 Å². The molecule has 126 valence electrons. The van der Waals surface area contributed by atoms with Gasteiger partial charge in [0.15, 0.2) is 5.78 Å². The number of nitrogens with zero attached hydrogens (tertiary/aromatic N) is 1. The molecule has 2 aromatic carbocycles. The molecule has 0 radical (unpaired) electrons. The Morgan fingerprint density at radius 1 is 0.917 bits per heavy atom. The first-order valence-corrected chi connectivity index (χ1v) is 8.01. The third-order valence-corrected chi connectivity index (χ3v) is 4.02. The van der Waals surface area contributed by atoms with Gasteiger partial charge in [0.05, 0.1) is 13.2 Å². The van der Waals surface area contributed by atoms with Crippen LogP contribution in [0.25, 0.3) is 0 Å². The summed E-state index contributed by atoms with van der Waals surface area (Å²) in [6.45, 7) is 3.13. The fraction of sp³-hybridized carbons (Fsp3) is 0.300. The molecular weight excluding hydrogens is 302 g/mol. The molecule has 0 aliphatic heterocycles. The number of rotatable bonds is 8. The van der Waals surface area contributed by atoms with E-state index in [-0.39, 0.29) is 18.2 Å². The van der Waals surface area contributed by atoms with Crippen LogP contribution < -0.4 is 0 Å². The van der Waals surface area contributed by atoms with Crippen molar-refractivity contribution >= 4 is 11.8 Å². The lowest BCUT2D eigenvalue weighted by atomic mass is 10.1. The Kier molecular flexibility index (Phi) is 6.70. The van der Waals surface area contributed by atoms with Crippen molar-refractivity contribution in [2.45, 2.75) is 32.5 Å². The molecule has 4 heteroatoms. The molecule has 0 saturated heterocycles. The van der Waals surface area contributed by atoms with E-state index in [4.69, 9.17) is 0 Å². The molecule has 2 rings (SSSR count). The van der Waals surface area contributed by atoms with Crippen LogP contribution in [-0.2, 0) is 27.4 Å². The van der Waals surface area contributed by atoms with E-state index in [1.54, 1.807) is 0 Å². The van der Waals surface area contributed by atoms with Crippen molar-refractivity contribution in [3.63, 3.8) is 0 Å². The van der Waals surface area contributed by atoms with Crippen molar-refractivity contribution in [3.05, 3.63) is 71.8 Å². The number of methoxy groups -OCH3 is 1. The maximum Gasteiger partial charge on any atom is 0.313 e. The Morgan fingerprint density at radius 2 is 1.38 bits per heavy atom. The predicted octanol–water partition coefficient (Wildman–Crippen LogP) is 3.21. The summed E-state index contributed by atoms with van der Waals surface area (Å²) in [7, 11) is 1.30. The summed E-state index contributed by atoms with van der Waals surface area (Å²) in [5.74, 6) is -0.625. The van der Waals surface area contributed by atoms with E-state index in [9.17, 15) is 9.59 Å². The summed E-state index contributed by atoms with van der Waals surface area (Å²) < 4.78 is 4.61. The average molecular weight is 325 g/mol. The number of ketones is 1. The topological polar surface area (TPSA) is 46.6 Å².